The van der Waals surface area contributed by atoms with E-state index in [1.807, 2.05) is 13.0 Å². The van der Waals surface area contributed by atoms with Crippen LogP contribution in [0.3, 0.4) is 0 Å². The molecule has 0 aliphatic heterocycles. The number of carbonyl (C=O) groups is 1. The molecule has 0 aliphatic carbocycles. The van der Waals surface area contributed by atoms with Gasteiger partial charge in [0.25, 0.3) is 0 Å². The Balaban J connectivity index is 3.70. The van der Waals surface area contributed by atoms with Crippen LogP contribution < -0.4 is 0 Å². The molecule has 0 fully saturated rings. The molecule has 0 aromatic heterocycles. The number of aliphatic hydroxyl groups is 1. The van der Waals surface area contributed by atoms with Crippen LogP contribution in [0, 0.1) is 5.92 Å². The maximum Gasteiger partial charge on any atom is 0.120 e. The third kappa shape index (κ3) is 7.99. The maximum absolute atomic E-state index is 10.4. The number of allylic oxidation sites excluding steroid dienone is 2. The fourth-order valence-electron chi connectivity index (χ4n) is 1.49. The fraction of sp³-hybridized carbons (Fsp3) is 0.750. The Hall–Kier alpha value is -0.630. The molecule has 0 aliphatic rings. The van der Waals surface area contributed by atoms with Gasteiger partial charge in [0, 0.05) is 6.42 Å². The SMILES string of the molecule is C/C=C\CCC(CC=O)CCC(C)O. The molecule has 0 saturated carbocycles. The van der Waals surface area contributed by atoms with Crippen molar-refractivity contribution < 1.29 is 9.90 Å². The fourth-order valence-corrected chi connectivity index (χ4v) is 1.49. The van der Waals surface area contributed by atoms with Gasteiger partial charge >= 0.3 is 0 Å². The second-order valence-electron chi connectivity index (χ2n) is 3.84. The normalized spacial score (nSPS) is 15.6. The summed E-state index contributed by atoms with van der Waals surface area (Å²) in [7, 11) is 0. The molecule has 82 valence electrons. The first-order chi connectivity index (χ1) is 6.70. The van der Waals surface area contributed by atoms with Crippen molar-refractivity contribution in [3.05, 3.63) is 12.2 Å². The lowest BCUT2D eigenvalue weighted by Crippen LogP contribution is -2.07. The molecular formula is C12H22O2. The molecule has 2 atom stereocenters. The average Bonchev–Trinajstić information content (AvgIpc) is 2.14. The molecule has 0 heterocycles. The summed E-state index contributed by atoms with van der Waals surface area (Å²) in [6.07, 6.45) is 9.37. The van der Waals surface area contributed by atoms with E-state index in [1.165, 1.54) is 0 Å². The quantitative estimate of drug-likeness (QED) is 0.481. The lowest BCUT2D eigenvalue weighted by atomic mass is 9.93. The number of hydrogen-bond donors (Lipinski definition) is 1. The molecule has 2 nitrogen and oxygen atoms in total. The number of aldehydes is 1. The monoisotopic (exact) mass is 198 g/mol. The van der Waals surface area contributed by atoms with E-state index in [0.717, 1.165) is 32.0 Å². The maximum atomic E-state index is 10.4. The van der Waals surface area contributed by atoms with Crippen molar-refractivity contribution in [2.24, 2.45) is 5.92 Å². The first kappa shape index (κ1) is 13.4. The molecule has 0 radical (unpaired) electrons. The van der Waals surface area contributed by atoms with Gasteiger partial charge in [-0.15, -0.1) is 0 Å². The summed E-state index contributed by atoms with van der Waals surface area (Å²) in [4.78, 5) is 10.4. The lowest BCUT2D eigenvalue weighted by Gasteiger charge is -2.13. The first-order valence-electron chi connectivity index (χ1n) is 5.43. The van der Waals surface area contributed by atoms with E-state index in [0.29, 0.717) is 12.3 Å². The van der Waals surface area contributed by atoms with Crippen LogP contribution in [0.25, 0.3) is 0 Å². The molecule has 2 unspecified atom stereocenters. The molecule has 2 heteroatoms. The molecule has 0 rings (SSSR count). The van der Waals surface area contributed by atoms with E-state index in [9.17, 15) is 4.79 Å². The molecule has 1 N–H and O–H groups in total. The van der Waals surface area contributed by atoms with Crippen molar-refractivity contribution in [3.8, 4) is 0 Å². The highest BCUT2D eigenvalue weighted by atomic mass is 16.3. The van der Waals surface area contributed by atoms with Crippen molar-refractivity contribution >= 4 is 6.29 Å². The minimum Gasteiger partial charge on any atom is -0.393 e. The van der Waals surface area contributed by atoms with E-state index >= 15 is 0 Å². The van der Waals surface area contributed by atoms with Crippen molar-refractivity contribution in [2.45, 2.75) is 52.1 Å². The zero-order valence-electron chi connectivity index (χ0n) is 9.28. The third-order valence-electron chi connectivity index (χ3n) is 2.40. The van der Waals surface area contributed by atoms with Crippen molar-refractivity contribution in [1.29, 1.82) is 0 Å². The van der Waals surface area contributed by atoms with Crippen LogP contribution in [0.5, 0.6) is 0 Å². The van der Waals surface area contributed by atoms with Crippen molar-refractivity contribution in [2.75, 3.05) is 0 Å². The summed E-state index contributed by atoms with van der Waals surface area (Å²) in [6.45, 7) is 3.80. The van der Waals surface area contributed by atoms with Crippen LogP contribution >= 0.6 is 0 Å². The molecule has 0 bridgehead atoms. The molecule has 0 amide bonds. The van der Waals surface area contributed by atoms with Crippen molar-refractivity contribution in [3.63, 3.8) is 0 Å². The summed E-state index contributed by atoms with van der Waals surface area (Å²) in [5.41, 5.74) is 0. The summed E-state index contributed by atoms with van der Waals surface area (Å²) < 4.78 is 0. The molecular weight excluding hydrogens is 176 g/mol. The second-order valence-corrected chi connectivity index (χ2v) is 3.84. The zero-order valence-corrected chi connectivity index (χ0v) is 9.28. The Bertz CT molecular complexity index is 162. The van der Waals surface area contributed by atoms with E-state index in [4.69, 9.17) is 5.11 Å². The Morgan fingerprint density at radius 3 is 2.50 bits per heavy atom. The number of hydrogen-bond acceptors (Lipinski definition) is 2. The van der Waals surface area contributed by atoms with Crippen LogP contribution in [0.1, 0.15) is 46.0 Å². The van der Waals surface area contributed by atoms with Gasteiger partial charge in [-0.25, -0.2) is 0 Å². The van der Waals surface area contributed by atoms with E-state index in [-0.39, 0.29) is 6.10 Å². The summed E-state index contributed by atoms with van der Waals surface area (Å²) in [6, 6.07) is 0. The lowest BCUT2D eigenvalue weighted by molar-refractivity contribution is -0.108. The second kappa shape index (κ2) is 8.95. The van der Waals surface area contributed by atoms with Crippen molar-refractivity contribution in [1.82, 2.24) is 0 Å². The van der Waals surface area contributed by atoms with Gasteiger partial charge in [-0.3, -0.25) is 0 Å². The van der Waals surface area contributed by atoms with Gasteiger partial charge in [-0.05, 0) is 45.4 Å². The van der Waals surface area contributed by atoms with Gasteiger partial charge in [0.1, 0.15) is 6.29 Å². The van der Waals surface area contributed by atoms with Crippen LogP contribution in [0.2, 0.25) is 0 Å². The topological polar surface area (TPSA) is 37.3 Å². The van der Waals surface area contributed by atoms with E-state index in [2.05, 4.69) is 6.08 Å². The molecule has 0 aromatic rings. The summed E-state index contributed by atoms with van der Waals surface area (Å²) in [5.74, 6) is 0.443. The Labute approximate surface area is 87.0 Å². The standard InChI is InChI=1S/C12H22O2/c1-3-4-5-6-12(9-10-13)8-7-11(2)14/h3-4,10-12,14H,5-9H2,1-2H3/b4-3-. The third-order valence-corrected chi connectivity index (χ3v) is 2.40. The number of aliphatic hydroxyl groups excluding tert-OH is 1. The molecule has 0 spiro atoms. The molecule has 14 heavy (non-hydrogen) atoms. The van der Waals surface area contributed by atoms with Gasteiger partial charge < -0.3 is 9.90 Å². The first-order valence-corrected chi connectivity index (χ1v) is 5.43. The van der Waals surface area contributed by atoms with Gasteiger partial charge in [0.2, 0.25) is 0 Å². The predicted octanol–water partition coefficient (Wildman–Crippen LogP) is 2.71. The average molecular weight is 198 g/mol. The van der Waals surface area contributed by atoms with Gasteiger partial charge in [0.05, 0.1) is 6.10 Å². The van der Waals surface area contributed by atoms with Gasteiger partial charge in [0.15, 0.2) is 0 Å². The van der Waals surface area contributed by atoms with Crippen LogP contribution in [0.4, 0.5) is 0 Å². The van der Waals surface area contributed by atoms with Crippen LogP contribution in [-0.2, 0) is 4.79 Å². The highest BCUT2D eigenvalue weighted by Crippen LogP contribution is 2.18. The predicted molar refractivity (Wildman–Crippen MR) is 59.1 cm³/mol. The minimum atomic E-state index is -0.245. The van der Waals surface area contributed by atoms with E-state index < -0.39 is 0 Å². The zero-order chi connectivity index (χ0) is 10.8. The molecule has 0 saturated heterocycles. The van der Waals surface area contributed by atoms with Crippen LogP contribution in [0.15, 0.2) is 12.2 Å². The van der Waals surface area contributed by atoms with Gasteiger partial charge in [-0.1, -0.05) is 12.2 Å². The number of rotatable bonds is 8. The summed E-state index contributed by atoms with van der Waals surface area (Å²) in [5, 5.41) is 9.14. The van der Waals surface area contributed by atoms with Crippen LogP contribution in [-0.4, -0.2) is 17.5 Å². The number of carbonyl (C=O) groups excluding carboxylic acids is 1. The molecule has 0 aromatic carbocycles. The highest BCUT2D eigenvalue weighted by molar-refractivity contribution is 5.49. The van der Waals surface area contributed by atoms with E-state index in [1.54, 1.807) is 6.92 Å². The summed E-state index contributed by atoms with van der Waals surface area (Å²) >= 11 is 0. The smallest absolute Gasteiger partial charge is 0.120 e. The highest BCUT2D eigenvalue weighted by Gasteiger charge is 2.08. The van der Waals surface area contributed by atoms with Gasteiger partial charge in [-0.2, -0.15) is 0 Å². The largest absolute Gasteiger partial charge is 0.393 e. The minimum absolute atomic E-state index is 0.245. The Morgan fingerprint density at radius 2 is 2.00 bits per heavy atom. The Kier molecular flexibility index (Phi) is 8.54. The Morgan fingerprint density at radius 1 is 1.29 bits per heavy atom.